The van der Waals surface area contributed by atoms with Crippen molar-refractivity contribution < 1.29 is 14.3 Å². The number of aryl methyl sites for hydroxylation is 1. The lowest BCUT2D eigenvalue weighted by molar-refractivity contribution is 0.0695. The van der Waals surface area contributed by atoms with E-state index < -0.39 is 0 Å². The van der Waals surface area contributed by atoms with Gasteiger partial charge >= 0.3 is 0 Å². The molecule has 1 atom stereocenters. The molecular weight excluding hydrogens is 358 g/mol. The Morgan fingerprint density at radius 2 is 1.89 bits per heavy atom. The maximum absolute atomic E-state index is 13.4. The zero-order valence-electron chi connectivity index (χ0n) is 15.0. The summed E-state index contributed by atoms with van der Waals surface area (Å²) < 4.78 is 10.8. The highest BCUT2D eigenvalue weighted by atomic mass is 32.1. The van der Waals surface area contributed by atoms with Gasteiger partial charge in [0.1, 0.15) is 0 Å². The predicted octanol–water partition coefficient (Wildman–Crippen LogP) is 4.57. The van der Waals surface area contributed by atoms with Crippen molar-refractivity contribution in [2.45, 2.75) is 19.4 Å². The molecule has 0 aliphatic carbocycles. The Kier molecular flexibility index (Phi) is 3.90. The van der Waals surface area contributed by atoms with E-state index in [1.165, 1.54) is 16.0 Å². The number of hydrogen-bond acceptors (Lipinski definition) is 4. The second-order valence-electron chi connectivity index (χ2n) is 6.93. The number of nitrogens with zero attached hydrogens (tertiary/aromatic N) is 1. The van der Waals surface area contributed by atoms with Crippen molar-refractivity contribution in [3.63, 3.8) is 0 Å². The molecule has 2 aliphatic rings. The number of ether oxygens (including phenoxy) is 2. The number of amides is 1. The molecule has 2 aromatic carbocycles. The van der Waals surface area contributed by atoms with Gasteiger partial charge in [0.05, 0.1) is 6.04 Å². The molecule has 0 saturated carbocycles. The summed E-state index contributed by atoms with van der Waals surface area (Å²) in [5.74, 6) is 1.36. The van der Waals surface area contributed by atoms with E-state index in [1.807, 2.05) is 17.0 Å². The van der Waals surface area contributed by atoms with Crippen molar-refractivity contribution in [3.05, 3.63) is 81.0 Å². The molecule has 0 bridgehead atoms. The van der Waals surface area contributed by atoms with Crippen molar-refractivity contribution in [2.24, 2.45) is 0 Å². The van der Waals surface area contributed by atoms with Gasteiger partial charge < -0.3 is 14.4 Å². The monoisotopic (exact) mass is 377 g/mol. The number of fused-ring (bicyclic) bond motifs is 2. The summed E-state index contributed by atoms with van der Waals surface area (Å²) in [4.78, 5) is 16.8. The standard InChI is InChI=1S/C22H19NO3S/c1-14-2-4-15(5-3-14)21-17-9-11-27-20(17)8-10-23(21)22(24)16-6-7-18-19(12-16)26-13-25-18/h2-7,9,11-12,21H,8,10,13H2,1H3. The Morgan fingerprint density at radius 1 is 1.07 bits per heavy atom. The molecule has 0 saturated heterocycles. The first-order valence-electron chi connectivity index (χ1n) is 9.04. The minimum Gasteiger partial charge on any atom is -0.454 e. The van der Waals surface area contributed by atoms with Gasteiger partial charge in [-0.3, -0.25) is 4.79 Å². The van der Waals surface area contributed by atoms with Crippen LogP contribution in [-0.2, 0) is 6.42 Å². The lowest BCUT2D eigenvalue weighted by atomic mass is 9.92. The fourth-order valence-electron chi connectivity index (χ4n) is 3.84. The van der Waals surface area contributed by atoms with Crippen LogP contribution < -0.4 is 9.47 Å². The summed E-state index contributed by atoms with van der Waals surface area (Å²) in [6.45, 7) is 3.00. The Bertz CT molecular complexity index is 1010. The largest absolute Gasteiger partial charge is 0.454 e. The van der Waals surface area contributed by atoms with Crippen molar-refractivity contribution in [1.82, 2.24) is 4.90 Å². The molecule has 4 nitrogen and oxygen atoms in total. The van der Waals surface area contributed by atoms with Crippen LogP contribution in [0.2, 0.25) is 0 Å². The number of benzene rings is 2. The van der Waals surface area contributed by atoms with E-state index in [0.717, 1.165) is 12.0 Å². The fraction of sp³-hybridized carbons (Fsp3) is 0.227. The normalized spacial score (nSPS) is 17.7. The van der Waals surface area contributed by atoms with Crippen molar-refractivity contribution in [1.29, 1.82) is 0 Å². The van der Waals surface area contributed by atoms with Crippen LogP contribution in [0.5, 0.6) is 11.5 Å². The van der Waals surface area contributed by atoms with Crippen LogP contribution in [0.1, 0.15) is 38.0 Å². The van der Waals surface area contributed by atoms with Gasteiger partial charge in [0.25, 0.3) is 5.91 Å². The van der Waals surface area contributed by atoms with E-state index in [2.05, 4.69) is 42.6 Å². The zero-order valence-corrected chi connectivity index (χ0v) is 15.8. The first-order valence-corrected chi connectivity index (χ1v) is 9.92. The second-order valence-corrected chi connectivity index (χ2v) is 7.93. The topological polar surface area (TPSA) is 38.8 Å². The molecule has 1 aromatic heterocycles. The summed E-state index contributed by atoms with van der Waals surface area (Å²) in [5, 5.41) is 2.13. The molecule has 5 heteroatoms. The summed E-state index contributed by atoms with van der Waals surface area (Å²) in [5.41, 5.74) is 4.24. The zero-order chi connectivity index (χ0) is 18.4. The third-order valence-electron chi connectivity index (χ3n) is 5.24. The summed E-state index contributed by atoms with van der Waals surface area (Å²) in [7, 11) is 0. The van der Waals surface area contributed by atoms with Gasteiger partial charge in [0.15, 0.2) is 11.5 Å². The lowest BCUT2D eigenvalue weighted by Gasteiger charge is -2.36. The summed E-state index contributed by atoms with van der Waals surface area (Å²) >= 11 is 1.78. The Hall–Kier alpha value is -2.79. The molecule has 0 spiro atoms. The van der Waals surface area contributed by atoms with Gasteiger partial charge in [-0.05, 0) is 54.1 Å². The molecule has 1 amide bonds. The van der Waals surface area contributed by atoms with E-state index in [4.69, 9.17) is 9.47 Å². The second kappa shape index (κ2) is 6.43. The Labute approximate surface area is 162 Å². The molecule has 1 unspecified atom stereocenters. The maximum atomic E-state index is 13.4. The molecule has 0 radical (unpaired) electrons. The van der Waals surface area contributed by atoms with Crippen LogP contribution in [0.15, 0.2) is 53.9 Å². The van der Waals surface area contributed by atoms with E-state index in [9.17, 15) is 4.79 Å². The summed E-state index contributed by atoms with van der Waals surface area (Å²) in [6.07, 6.45) is 0.894. The molecule has 136 valence electrons. The number of carbonyl (C=O) groups excluding carboxylic acids is 1. The van der Waals surface area contributed by atoms with Crippen LogP contribution in [0.4, 0.5) is 0 Å². The van der Waals surface area contributed by atoms with E-state index >= 15 is 0 Å². The van der Waals surface area contributed by atoms with Gasteiger partial charge in [0.2, 0.25) is 6.79 Å². The van der Waals surface area contributed by atoms with Gasteiger partial charge in [-0.15, -0.1) is 11.3 Å². The third-order valence-corrected chi connectivity index (χ3v) is 6.24. The average molecular weight is 377 g/mol. The van der Waals surface area contributed by atoms with Crippen LogP contribution in [0.3, 0.4) is 0 Å². The molecule has 0 N–H and O–H groups in total. The van der Waals surface area contributed by atoms with E-state index in [0.29, 0.717) is 23.6 Å². The quantitative estimate of drug-likeness (QED) is 0.656. The van der Waals surface area contributed by atoms with E-state index in [-0.39, 0.29) is 18.7 Å². The predicted molar refractivity (Wildman–Crippen MR) is 105 cm³/mol. The van der Waals surface area contributed by atoms with Crippen molar-refractivity contribution >= 4 is 17.2 Å². The molecule has 27 heavy (non-hydrogen) atoms. The van der Waals surface area contributed by atoms with Crippen LogP contribution in [0.25, 0.3) is 0 Å². The SMILES string of the molecule is Cc1ccc(C2c3ccsc3CCN2C(=O)c2ccc3c(c2)OCO3)cc1. The molecular formula is C22H19NO3S. The molecule has 3 aromatic rings. The maximum Gasteiger partial charge on any atom is 0.254 e. The highest BCUT2D eigenvalue weighted by molar-refractivity contribution is 7.10. The average Bonchev–Trinajstić information content (AvgIpc) is 3.35. The first-order chi connectivity index (χ1) is 13.2. The van der Waals surface area contributed by atoms with Gasteiger partial charge in [-0.25, -0.2) is 0 Å². The molecule has 3 heterocycles. The third kappa shape index (κ3) is 2.79. The highest BCUT2D eigenvalue weighted by Gasteiger charge is 2.33. The van der Waals surface area contributed by atoms with Gasteiger partial charge in [0, 0.05) is 17.0 Å². The number of carbonyl (C=O) groups is 1. The van der Waals surface area contributed by atoms with E-state index in [1.54, 1.807) is 17.4 Å². The van der Waals surface area contributed by atoms with Crippen molar-refractivity contribution in [2.75, 3.05) is 13.3 Å². The minimum absolute atomic E-state index is 0.0238. The number of rotatable bonds is 2. The smallest absolute Gasteiger partial charge is 0.254 e. The highest BCUT2D eigenvalue weighted by Crippen LogP contribution is 2.39. The molecule has 5 rings (SSSR count). The van der Waals surface area contributed by atoms with Gasteiger partial charge in [-0.1, -0.05) is 29.8 Å². The Morgan fingerprint density at radius 3 is 2.74 bits per heavy atom. The van der Waals surface area contributed by atoms with Crippen molar-refractivity contribution in [3.8, 4) is 11.5 Å². The molecule has 2 aliphatic heterocycles. The number of thiophene rings is 1. The lowest BCUT2D eigenvalue weighted by Crippen LogP contribution is -2.40. The fourth-order valence-corrected chi connectivity index (χ4v) is 4.74. The summed E-state index contributed by atoms with van der Waals surface area (Å²) in [6, 6.07) is 16.0. The van der Waals surface area contributed by atoms with Crippen LogP contribution in [-0.4, -0.2) is 24.1 Å². The van der Waals surface area contributed by atoms with Crippen LogP contribution in [0, 0.1) is 6.92 Å². The number of hydrogen-bond donors (Lipinski definition) is 0. The first kappa shape index (κ1) is 16.4. The van der Waals surface area contributed by atoms with Crippen LogP contribution >= 0.6 is 11.3 Å². The molecule has 0 fully saturated rings. The van der Waals surface area contributed by atoms with Gasteiger partial charge in [-0.2, -0.15) is 0 Å². The minimum atomic E-state index is -0.0569. The Balaban J connectivity index is 1.55.